The summed E-state index contributed by atoms with van der Waals surface area (Å²) in [5.74, 6) is -0.369. The average Bonchev–Trinajstić information content (AvgIpc) is 2.42. The predicted molar refractivity (Wildman–Crippen MR) is 81.0 cm³/mol. The largest absolute Gasteiger partial charge is 0.491 e. The Bertz CT molecular complexity index is 656. The summed E-state index contributed by atoms with van der Waals surface area (Å²) in [6, 6.07) is 10.7. The molecule has 1 amide bonds. The third kappa shape index (κ3) is 3.95. The summed E-state index contributed by atoms with van der Waals surface area (Å²) >= 11 is 0. The fourth-order valence-corrected chi connectivity index (χ4v) is 1.82. The molecule has 0 heterocycles. The van der Waals surface area contributed by atoms with E-state index in [2.05, 4.69) is 5.32 Å². The number of nitrogen functional groups attached to an aromatic ring is 1. The first-order valence-electron chi connectivity index (χ1n) is 6.59. The third-order valence-electron chi connectivity index (χ3n) is 2.71. The Hall–Kier alpha value is -2.56. The number of amides is 1. The quantitative estimate of drug-likeness (QED) is 0.847. The van der Waals surface area contributed by atoms with Gasteiger partial charge in [0.05, 0.1) is 11.8 Å². The number of benzene rings is 2. The lowest BCUT2D eigenvalue weighted by molar-refractivity contribution is 0.102. The van der Waals surface area contributed by atoms with Crippen LogP contribution in [0.2, 0.25) is 0 Å². The lowest BCUT2D eigenvalue weighted by atomic mass is 10.2. The fraction of sp³-hybridized carbons (Fsp3) is 0.188. The van der Waals surface area contributed by atoms with Crippen LogP contribution in [0.5, 0.6) is 5.75 Å². The van der Waals surface area contributed by atoms with E-state index in [0.717, 1.165) is 0 Å². The summed E-state index contributed by atoms with van der Waals surface area (Å²) in [5.41, 5.74) is 6.40. The molecular weight excluding hydrogens is 271 g/mol. The highest BCUT2D eigenvalue weighted by Gasteiger charge is 2.11. The van der Waals surface area contributed by atoms with Crippen LogP contribution < -0.4 is 15.8 Å². The summed E-state index contributed by atoms with van der Waals surface area (Å²) in [6.45, 7) is 3.80. The van der Waals surface area contributed by atoms with Gasteiger partial charge in [-0.3, -0.25) is 4.79 Å². The lowest BCUT2D eigenvalue weighted by Crippen LogP contribution is -2.14. The van der Waals surface area contributed by atoms with Crippen molar-refractivity contribution < 1.29 is 13.9 Å². The number of nitrogens with two attached hydrogens (primary N) is 1. The maximum atomic E-state index is 13.6. The first-order valence-corrected chi connectivity index (χ1v) is 6.59. The molecule has 0 radical (unpaired) electrons. The molecule has 0 bridgehead atoms. The van der Waals surface area contributed by atoms with Gasteiger partial charge >= 0.3 is 0 Å². The standard InChI is InChI=1S/C16H17FN2O2/c1-10(2)21-13-5-3-4-11(8-13)16(20)19-15-9-12(18)6-7-14(15)17/h3-10H,18H2,1-2H3,(H,19,20). The molecule has 0 unspecified atom stereocenters. The summed E-state index contributed by atoms with van der Waals surface area (Å²) < 4.78 is 19.1. The molecule has 2 rings (SSSR count). The Morgan fingerprint density at radius 3 is 2.71 bits per heavy atom. The smallest absolute Gasteiger partial charge is 0.255 e. The third-order valence-corrected chi connectivity index (χ3v) is 2.71. The minimum atomic E-state index is -0.535. The Morgan fingerprint density at radius 2 is 2.00 bits per heavy atom. The number of ether oxygens (including phenoxy) is 1. The molecule has 0 saturated heterocycles. The predicted octanol–water partition coefficient (Wildman–Crippen LogP) is 3.45. The fourth-order valence-electron chi connectivity index (χ4n) is 1.82. The van der Waals surface area contributed by atoms with Crippen molar-refractivity contribution in [2.75, 3.05) is 11.1 Å². The topological polar surface area (TPSA) is 64.3 Å². The van der Waals surface area contributed by atoms with Gasteiger partial charge in [0.1, 0.15) is 11.6 Å². The minimum absolute atomic E-state index is 0.00896. The summed E-state index contributed by atoms with van der Waals surface area (Å²) in [4.78, 5) is 12.1. The Morgan fingerprint density at radius 1 is 1.24 bits per heavy atom. The number of anilines is 2. The van der Waals surface area contributed by atoms with Crippen molar-refractivity contribution in [1.29, 1.82) is 0 Å². The second-order valence-corrected chi connectivity index (χ2v) is 4.89. The zero-order chi connectivity index (χ0) is 15.4. The van der Waals surface area contributed by atoms with Crippen LogP contribution in [0.4, 0.5) is 15.8 Å². The van der Waals surface area contributed by atoms with E-state index in [4.69, 9.17) is 10.5 Å². The maximum absolute atomic E-state index is 13.6. The van der Waals surface area contributed by atoms with Crippen LogP contribution >= 0.6 is 0 Å². The number of rotatable bonds is 4. The van der Waals surface area contributed by atoms with Crippen molar-refractivity contribution in [1.82, 2.24) is 0 Å². The van der Waals surface area contributed by atoms with E-state index in [1.807, 2.05) is 13.8 Å². The van der Waals surface area contributed by atoms with E-state index >= 15 is 0 Å². The molecule has 21 heavy (non-hydrogen) atoms. The van der Waals surface area contributed by atoms with Crippen LogP contribution in [0, 0.1) is 5.82 Å². The van der Waals surface area contributed by atoms with Gasteiger partial charge in [-0.05, 0) is 50.2 Å². The number of hydrogen-bond donors (Lipinski definition) is 2. The molecule has 0 aliphatic rings. The number of nitrogens with one attached hydrogen (secondary N) is 1. The van der Waals surface area contributed by atoms with E-state index in [-0.39, 0.29) is 11.8 Å². The van der Waals surface area contributed by atoms with E-state index in [9.17, 15) is 9.18 Å². The van der Waals surface area contributed by atoms with Crippen molar-refractivity contribution in [3.8, 4) is 5.75 Å². The van der Waals surface area contributed by atoms with Gasteiger partial charge in [-0.1, -0.05) is 6.07 Å². The summed E-state index contributed by atoms with van der Waals surface area (Å²) in [6.07, 6.45) is 0.00896. The van der Waals surface area contributed by atoms with Crippen molar-refractivity contribution in [2.24, 2.45) is 0 Å². The molecule has 0 saturated carbocycles. The zero-order valence-corrected chi connectivity index (χ0v) is 11.9. The van der Waals surface area contributed by atoms with Crippen molar-refractivity contribution >= 4 is 17.3 Å². The highest BCUT2D eigenvalue weighted by atomic mass is 19.1. The maximum Gasteiger partial charge on any atom is 0.255 e. The molecule has 0 fully saturated rings. The van der Waals surface area contributed by atoms with E-state index in [1.165, 1.54) is 18.2 Å². The number of halogens is 1. The number of hydrogen-bond acceptors (Lipinski definition) is 3. The van der Waals surface area contributed by atoms with Crippen LogP contribution in [0.25, 0.3) is 0 Å². The van der Waals surface area contributed by atoms with Crippen LogP contribution in [0.15, 0.2) is 42.5 Å². The minimum Gasteiger partial charge on any atom is -0.491 e. The van der Waals surface area contributed by atoms with E-state index in [0.29, 0.717) is 17.0 Å². The molecule has 5 heteroatoms. The molecule has 4 nitrogen and oxygen atoms in total. The van der Waals surface area contributed by atoms with Gasteiger partial charge < -0.3 is 15.8 Å². The Labute approximate surface area is 122 Å². The second-order valence-electron chi connectivity index (χ2n) is 4.89. The molecule has 0 aliphatic heterocycles. The molecule has 2 aromatic rings. The van der Waals surface area contributed by atoms with Gasteiger partial charge in [0.2, 0.25) is 0 Å². The van der Waals surface area contributed by atoms with Crippen LogP contribution in [0.3, 0.4) is 0 Å². The molecule has 0 atom stereocenters. The highest BCUT2D eigenvalue weighted by molar-refractivity contribution is 6.04. The molecule has 0 spiro atoms. The van der Waals surface area contributed by atoms with Gasteiger partial charge in [-0.25, -0.2) is 4.39 Å². The van der Waals surface area contributed by atoms with Crippen LogP contribution in [-0.4, -0.2) is 12.0 Å². The second kappa shape index (κ2) is 6.26. The number of carbonyl (C=O) groups excluding carboxylic acids is 1. The lowest BCUT2D eigenvalue weighted by Gasteiger charge is -2.11. The SMILES string of the molecule is CC(C)Oc1cccc(C(=O)Nc2cc(N)ccc2F)c1. The van der Waals surface area contributed by atoms with Gasteiger partial charge in [-0.15, -0.1) is 0 Å². The molecule has 0 aliphatic carbocycles. The molecular formula is C16H17FN2O2. The van der Waals surface area contributed by atoms with Crippen molar-refractivity contribution in [3.05, 3.63) is 53.8 Å². The monoisotopic (exact) mass is 288 g/mol. The Kier molecular flexibility index (Phi) is 4.42. The first-order chi connectivity index (χ1) is 9.95. The van der Waals surface area contributed by atoms with E-state index in [1.54, 1.807) is 24.3 Å². The summed E-state index contributed by atoms with van der Waals surface area (Å²) in [5, 5.41) is 2.50. The van der Waals surface area contributed by atoms with Crippen LogP contribution in [0.1, 0.15) is 24.2 Å². The average molecular weight is 288 g/mol. The van der Waals surface area contributed by atoms with Crippen molar-refractivity contribution in [2.45, 2.75) is 20.0 Å². The van der Waals surface area contributed by atoms with E-state index < -0.39 is 11.7 Å². The highest BCUT2D eigenvalue weighted by Crippen LogP contribution is 2.20. The van der Waals surface area contributed by atoms with Gasteiger partial charge in [0, 0.05) is 11.3 Å². The first kappa shape index (κ1) is 14.8. The zero-order valence-electron chi connectivity index (χ0n) is 11.9. The van der Waals surface area contributed by atoms with Gasteiger partial charge in [0.15, 0.2) is 0 Å². The Balaban J connectivity index is 2.18. The molecule has 3 N–H and O–H groups in total. The van der Waals surface area contributed by atoms with Gasteiger partial charge in [-0.2, -0.15) is 0 Å². The molecule has 110 valence electrons. The van der Waals surface area contributed by atoms with Gasteiger partial charge in [0.25, 0.3) is 5.91 Å². The normalized spacial score (nSPS) is 10.5. The van der Waals surface area contributed by atoms with Crippen LogP contribution in [-0.2, 0) is 0 Å². The number of carbonyl (C=O) groups is 1. The summed E-state index contributed by atoms with van der Waals surface area (Å²) in [7, 11) is 0. The van der Waals surface area contributed by atoms with Crippen molar-refractivity contribution in [3.63, 3.8) is 0 Å². The molecule has 0 aromatic heterocycles. The molecule has 2 aromatic carbocycles.